The van der Waals surface area contributed by atoms with Gasteiger partial charge < -0.3 is 14.4 Å². The van der Waals surface area contributed by atoms with Crippen LogP contribution in [0.25, 0.3) is 0 Å². The maximum Gasteiger partial charge on any atom is 0.263 e. The number of carbonyl (C=O) groups excluding carboxylic acids is 1. The molecule has 4 nitrogen and oxygen atoms in total. The van der Waals surface area contributed by atoms with E-state index in [2.05, 4.69) is 30.3 Å². The van der Waals surface area contributed by atoms with Crippen LogP contribution >= 0.6 is 11.3 Å². The van der Waals surface area contributed by atoms with Crippen molar-refractivity contribution in [3.63, 3.8) is 0 Å². The van der Waals surface area contributed by atoms with E-state index in [9.17, 15) is 4.79 Å². The maximum absolute atomic E-state index is 12.9. The Bertz CT molecular complexity index is 961. The Morgan fingerprint density at radius 2 is 1.70 bits per heavy atom. The molecule has 4 rings (SSSR count). The van der Waals surface area contributed by atoms with Crippen LogP contribution in [-0.4, -0.2) is 31.0 Å². The monoisotopic (exact) mass is 421 g/mol. The zero-order valence-electron chi connectivity index (χ0n) is 17.3. The standard InChI is InChI=1S/C25H27NO3S/c1-28-22-9-5-6-10-23(22)29-17-21-16-24(30-18-21)25(27)26-13-11-20(12-14-26)15-19-7-3-2-4-8-19/h2-10,16,18,20H,11-15,17H2,1H3. The van der Waals surface area contributed by atoms with Crippen molar-refractivity contribution in [2.24, 2.45) is 5.92 Å². The Morgan fingerprint density at radius 3 is 2.43 bits per heavy atom. The molecular formula is C25H27NO3S. The molecule has 1 saturated heterocycles. The number of rotatable bonds is 7. The largest absolute Gasteiger partial charge is 0.493 e. The van der Waals surface area contributed by atoms with Gasteiger partial charge in [0.05, 0.1) is 12.0 Å². The summed E-state index contributed by atoms with van der Waals surface area (Å²) in [5, 5.41) is 2.00. The first-order valence-corrected chi connectivity index (χ1v) is 11.3. The number of nitrogens with zero attached hydrogens (tertiary/aromatic N) is 1. The lowest BCUT2D eigenvalue weighted by Gasteiger charge is -2.31. The van der Waals surface area contributed by atoms with Crippen LogP contribution in [-0.2, 0) is 13.0 Å². The van der Waals surface area contributed by atoms with Crippen molar-refractivity contribution in [3.8, 4) is 11.5 Å². The van der Waals surface area contributed by atoms with Crippen molar-refractivity contribution < 1.29 is 14.3 Å². The van der Waals surface area contributed by atoms with E-state index in [4.69, 9.17) is 9.47 Å². The quantitative estimate of drug-likeness (QED) is 0.511. The molecule has 0 bridgehead atoms. The van der Waals surface area contributed by atoms with Crippen molar-refractivity contribution in [1.29, 1.82) is 0 Å². The predicted molar refractivity (Wildman–Crippen MR) is 120 cm³/mol. The van der Waals surface area contributed by atoms with Gasteiger partial charge in [-0.15, -0.1) is 11.3 Å². The first-order valence-electron chi connectivity index (χ1n) is 10.4. The molecule has 0 aliphatic carbocycles. The van der Waals surface area contributed by atoms with Gasteiger partial charge in [-0.25, -0.2) is 0 Å². The fraction of sp³-hybridized carbons (Fsp3) is 0.320. The van der Waals surface area contributed by atoms with Gasteiger partial charge in [-0.3, -0.25) is 4.79 Å². The van der Waals surface area contributed by atoms with Crippen LogP contribution in [0.2, 0.25) is 0 Å². The van der Waals surface area contributed by atoms with Crippen molar-refractivity contribution in [2.75, 3.05) is 20.2 Å². The molecule has 0 unspecified atom stereocenters. The summed E-state index contributed by atoms with van der Waals surface area (Å²) in [5.74, 6) is 2.22. The lowest BCUT2D eigenvalue weighted by molar-refractivity contribution is 0.0695. The molecule has 0 atom stereocenters. The summed E-state index contributed by atoms with van der Waals surface area (Å²) in [6.45, 7) is 2.09. The SMILES string of the molecule is COc1ccccc1OCc1csc(C(=O)N2CCC(Cc3ccccc3)CC2)c1. The zero-order chi connectivity index (χ0) is 20.8. The minimum absolute atomic E-state index is 0.140. The van der Waals surface area contributed by atoms with Crippen LogP contribution < -0.4 is 9.47 Å². The molecule has 2 heterocycles. The number of carbonyl (C=O) groups is 1. The van der Waals surface area contributed by atoms with Crippen LogP contribution in [0.5, 0.6) is 11.5 Å². The van der Waals surface area contributed by atoms with E-state index < -0.39 is 0 Å². The Labute approximate surface area is 182 Å². The molecule has 1 fully saturated rings. The highest BCUT2D eigenvalue weighted by atomic mass is 32.1. The number of benzene rings is 2. The van der Waals surface area contributed by atoms with E-state index in [0.717, 1.165) is 42.8 Å². The molecule has 1 aromatic heterocycles. The Balaban J connectivity index is 1.29. The lowest BCUT2D eigenvalue weighted by Crippen LogP contribution is -2.38. The second-order valence-electron chi connectivity index (χ2n) is 7.68. The van der Waals surface area contributed by atoms with E-state index in [0.29, 0.717) is 24.0 Å². The summed E-state index contributed by atoms with van der Waals surface area (Å²) in [6.07, 6.45) is 3.23. The predicted octanol–water partition coefficient (Wildman–Crippen LogP) is 5.43. The van der Waals surface area contributed by atoms with Crippen molar-refractivity contribution in [1.82, 2.24) is 4.90 Å². The number of para-hydroxylation sites is 2. The molecule has 5 heteroatoms. The minimum atomic E-state index is 0.140. The normalized spacial score (nSPS) is 14.5. The number of piperidine rings is 1. The second-order valence-corrected chi connectivity index (χ2v) is 8.60. The van der Waals surface area contributed by atoms with Crippen LogP contribution in [0, 0.1) is 5.92 Å². The second kappa shape index (κ2) is 9.81. The molecular weight excluding hydrogens is 394 g/mol. The van der Waals surface area contributed by atoms with Crippen molar-refractivity contribution in [2.45, 2.75) is 25.9 Å². The summed E-state index contributed by atoms with van der Waals surface area (Å²) in [4.78, 5) is 15.7. The van der Waals surface area contributed by atoms with E-state index in [1.165, 1.54) is 16.9 Å². The molecule has 0 spiro atoms. The third kappa shape index (κ3) is 5.03. The Hall–Kier alpha value is -2.79. The van der Waals surface area contributed by atoms with Crippen LogP contribution in [0.1, 0.15) is 33.6 Å². The van der Waals surface area contributed by atoms with Gasteiger partial charge in [-0.2, -0.15) is 0 Å². The topological polar surface area (TPSA) is 38.8 Å². The Kier molecular flexibility index (Phi) is 6.70. The summed E-state index contributed by atoms with van der Waals surface area (Å²) in [6, 6.07) is 20.2. The number of ether oxygens (including phenoxy) is 2. The van der Waals surface area contributed by atoms with E-state index in [1.54, 1.807) is 7.11 Å². The van der Waals surface area contributed by atoms with Gasteiger partial charge >= 0.3 is 0 Å². The number of methoxy groups -OCH3 is 1. The van der Waals surface area contributed by atoms with Crippen LogP contribution in [0.15, 0.2) is 66.0 Å². The minimum Gasteiger partial charge on any atom is -0.493 e. The number of thiophene rings is 1. The number of hydrogen-bond donors (Lipinski definition) is 0. The number of likely N-dealkylation sites (tertiary alicyclic amines) is 1. The first-order chi connectivity index (χ1) is 14.7. The fourth-order valence-corrected chi connectivity index (χ4v) is 4.77. The molecule has 156 valence electrons. The van der Waals surface area contributed by atoms with Crippen molar-refractivity contribution >= 4 is 17.2 Å². The molecule has 0 saturated carbocycles. The van der Waals surface area contributed by atoms with Crippen molar-refractivity contribution in [3.05, 3.63) is 82.0 Å². The average molecular weight is 422 g/mol. The van der Waals surface area contributed by atoms with Gasteiger partial charge in [0.25, 0.3) is 5.91 Å². The molecule has 1 aliphatic heterocycles. The summed E-state index contributed by atoms with van der Waals surface area (Å²) in [5.41, 5.74) is 2.40. The fourth-order valence-electron chi connectivity index (χ4n) is 3.91. The van der Waals surface area contributed by atoms with Gasteiger partial charge in [0.2, 0.25) is 0 Å². The van der Waals surface area contributed by atoms with E-state index in [-0.39, 0.29) is 5.91 Å². The van der Waals surface area contributed by atoms with Crippen LogP contribution in [0.3, 0.4) is 0 Å². The molecule has 0 radical (unpaired) electrons. The highest BCUT2D eigenvalue weighted by Gasteiger charge is 2.24. The average Bonchev–Trinajstić information content (AvgIpc) is 3.28. The number of hydrogen-bond acceptors (Lipinski definition) is 4. The summed E-state index contributed by atoms with van der Waals surface area (Å²) in [7, 11) is 1.63. The molecule has 0 N–H and O–H groups in total. The molecule has 1 amide bonds. The molecule has 3 aromatic rings. The highest BCUT2D eigenvalue weighted by Crippen LogP contribution is 2.28. The summed E-state index contributed by atoms with van der Waals surface area (Å²) >= 11 is 1.50. The summed E-state index contributed by atoms with van der Waals surface area (Å²) < 4.78 is 11.2. The molecule has 1 aliphatic rings. The third-order valence-corrected chi connectivity index (χ3v) is 6.56. The van der Waals surface area contributed by atoms with Gasteiger partial charge in [0.15, 0.2) is 11.5 Å². The lowest BCUT2D eigenvalue weighted by atomic mass is 9.90. The van der Waals surface area contributed by atoms with E-state index >= 15 is 0 Å². The van der Waals surface area contributed by atoms with Gasteiger partial charge in [0.1, 0.15) is 6.61 Å². The smallest absolute Gasteiger partial charge is 0.263 e. The first kappa shape index (κ1) is 20.5. The van der Waals surface area contributed by atoms with E-state index in [1.807, 2.05) is 40.6 Å². The van der Waals surface area contributed by atoms with Gasteiger partial charge in [0, 0.05) is 18.7 Å². The van der Waals surface area contributed by atoms with Gasteiger partial charge in [-0.05, 0) is 54.3 Å². The zero-order valence-corrected chi connectivity index (χ0v) is 18.1. The van der Waals surface area contributed by atoms with Gasteiger partial charge in [-0.1, -0.05) is 42.5 Å². The van der Waals surface area contributed by atoms with Crippen LogP contribution in [0.4, 0.5) is 0 Å². The maximum atomic E-state index is 12.9. The third-order valence-electron chi connectivity index (χ3n) is 5.60. The Morgan fingerprint density at radius 1 is 1.00 bits per heavy atom. The molecule has 2 aromatic carbocycles. The molecule has 30 heavy (non-hydrogen) atoms. The highest BCUT2D eigenvalue weighted by molar-refractivity contribution is 7.12. The number of amides is 1.